The Hall–Kier alpha value is -3.16. The minimum absolute atomic E-state index is 0.0633. The zero-order valence-electron chi connectivity index (χ0n) is 15.8. The number of nitrogens with two attached hydrogens (primary N) is 1. The van der Waals surface area contributed by atoms with Crippen LogP contribution in [0.5, 0.6) is 5.75 Å². The molecule has 150 valence electrons. The molecule has 0 aromatic heterocycles. The maximum Gasteiger partial charge on any atom is 0.339 e. The van der Waals surface area contributed by atoms with Gasteiger partial charge in [-0.25, -0.2) is 0 Å². The van der Waals surface area contributed by atoms with Gasteiger partial charge in [0.1, 0.15) is 10.6 Å². The average Bonchev–Trinajstić information content (AvgIpc) is 2.70. The molecular formula is C22H21NO5S. The van der Waals surface area contributed by atoms with Crippen molar-refractivity contribution in [3.05, 3.63) is 95.6 Å². The third kappa shape index (κ3) is 5.43. The number of hydrogen-bond acceptors (Lipinski definition) is 5. The summed E-state index contributed by atoms with van der Waals surface area (Å²) in [6.07, 6.45) is -0.960. The van der Waals surface area contributed by atoms with Crippen LogP contribution in [0.3, 0.4) is 0 Å². The van der Waals surface area contributed by atoms with Gasteiger partial charge in [0, 0.05) is 0 Å². The molecule has 0 aliphatic rings. The fourth-order valence-corrected chi connectivity index (χ4v) is 3.60. The van der Waals surface area contributed by atoms with E-state index in [0.717, 1.165) is 11.1 Å². The molecule has 0 saturated heterocycles. The van der Waals surface area contributed by atoms with Gasteiger partial charge in [-0.3, -0.25) is 4.79 Å². The van der Waals surface area contributed by atoms with Crippen molar-refractivity contribution < 1.29 is 22.1 Å². The van der Waals surface area contributed by atoms with E-state index in [1.54, 1.807) is 24.3 Å². The Balaban J connectivity index is 1.72. The molecule has 0 saturated carbocycles. The Morgan fingerprint density at radius 2 is 1.55 bits per heavy atom. The van der Waals surface area contributed by atoms with E-state index in [9.17, 15) is 13.2 Å². The van der Waals surface area contributed by atoms with Crippen molar-refractivity contribution in [1.29, 1.82) is 0 Å². The lowest BCUT2D eigenvalue weighted by Gasteiger charge is -2.16. The van der Waals surface area contributed by atoms with Crippen LogP contribution in [0.4, 0.5) is 0 Å². The second-order valence-corrected chi connectivity index (χ2v) is 8.04. The van der Waals surface area contributed by atoms with Gasteiger partial charge in [0.2, 0.25) is 0 Å². The molecule has 0 spiro atoms. The van der Waals surface area contributed by atoms with Crippen LogP contribution in [-0.4, -0.2) is 14.3 Å². The van der Waals surface area contributed by atoms with E-state index in [0.29, 0.717) is 5.56 Å². The van der Waals surface area contributed by atoms with Gasteiger partial charge in [-0.1, -0.05) is 60.2 Å². The summed E-state index contributed by atoms with van der Waals surface area (Å²) in [4.78, 5) is 11.9. The first-order valence-corrected chi connectivity index (χ1v) is 10.3. The van der Waals surface area contributed by atoms with Gasteiger partial charge in [-0.05, 0) is 42.3 Å². The lowest BCUT2D eigenvalue weighted by atomic mass is 10.1. The van der Waals surface area contributed by atoms with Crippen molar-refractivity contribution in [2.24, 2.45) is 5.73 Å². The highest BCUT2D eigenvalue weighted by Gasteiger charge is 2.20. The van der Waals surface area contributed by atoms with Gasteiger partial charge < -0.3 is 14.7 Å². The van der Waals surface area contributed by atoms with Crippen LogP contribution in [0.2, 0.25) is 0 Å². The van der Waals surface area contributed by atoms with E-state index in [1.807, 2.05) is 37.3 Å². The predicted octanol–water partition coefficient (Wildman–Crippen LogP) is 3.51. The van der Waals surface area contributed by atoms with E-state index < -0.39 is 22.1 Å². The Bertz CT molecular complexity index is 1060. The molecule has 0 radical (unpaired) electrons. The Morgan fingerprint density at radius 3 is 2.14 bits per heavy atom. The Labute approximate surface area is 170 Å². The summed E-state index contributed by atoms with van der Waals surface area (Å²) in [5.41, 5.74) is 7.83. The van der Waals surface area contributed by atoms with Gasteiger partial charge in [-0.15, -0.1) is 0 Å². The van der Waals surface area contributed by atoms with E-state index in [-0.39, 0.29) is 17.3 Å². The molecule has 0 bridgehead atoms. The molecule has 0 heterocycles. The van der Waals surface area contributed by atoms with E-state index in [4.69, 9.17) is 14.7 Å². The van der Waals surface area contributed by atoms with Crippen molar-refractivity contribution in [3.63, 3.8) is 0 Å². The highest BCUT2D eigenvalue weighted by molar-refractivity contribution is 7.87. The van der Waals surface area contributed by atoms with Crippen LogP contribution in [0, 0.1) is 6.92 Å². The van der Waals surface area contributed by atoms with Crippen LogP contribution < -0.4 is 9.92 Å². The average molecular weight is 411 g/mol. The normalized spacial score (nSPS) is 12.3. The highest BCUT2D eigenvalue weighted by Crippen LogP contribution is 2.24. The van der Waals surface area contributed by atoms with Crippen LogP contribution in [0.1, 0.15) is 22.8 Å². The summed E-state index contributed by atoms with van der Waals surface area (Å²) in [5, 5.41) is 0. The first kappa shape index (κ1) is 20.6. The van der Waals surface area contributed by atoms with Crippen molar-refractivity contribution in [3.8, 4) is 5.75 Å². The first-order chi connectivity index (χ1) is 13.8. The SMILES string of the molecule is Cc1ccc(S(=O)(=O)Oc2ccc(C(OCc3ccccc3)C(N)=O)cc2)cc1. The number of aryl methyl sites for hydroxylation is 1. The van der Waals surface area contributed by atoms with Gasteiger partial charge >= 0.3 is 10.1 Å². The molecule has 1 unspecified atom stereocenters. The minimum atomic E-state index is -3.95. The van der Waals surface area contributed by atoms with Gasteiger partial charge in [0.05, 0.1) is 6.61 Å². The summed E-state index contributed by atoms with van der Waals surface area (Å²) in [6, 6.07) is 21.8. The number of hydrogen-bond donors (Lipinski definition) is 1. The molecule has 6 nitrogen and oxygen atoms in total. The molecule has 3 rings (SSSR count). The maximum absolute atomic E-state index is 12.4. The highest BCUT2D eigenvalue weighted by atomic mass is 32.2. The van der Waals surface area contributed by atoms with Crippen LogP contribution in [-0.2, 0) is 26.3 Å². The minimum Gasteiger partial charge on any atom is -0.379 e. The molecule has 2 N–H and O–H groups in total. The summed E-state index contributed by atoms with van der Waals surface area (Å²) < 4.78 is 35.6. The van der Waals surface area contributed by atoms with Crippen LogP contribution >= 0.6 is 0 Å². The predicted molar refractivity (Wildman–Crippen MR) is 109 cm³/mol. The molecule has 1 amide bonds. The molecule has 0 aliphatic heterocycles. The summed E-state index contributed by atoms with van der Waals surface area (Å²) in [6.45, 7) is 2.08. The fraction of sp³-hybridized carbons (Fsp3) is 0.136. The van der Waals surface area contributed by atoms with Crippen LogP contribution in [0.25, 0.3) is 0 Å². The standard InChI is InChI=1S/C22H21NO5S/c1-16-7-13-20(14-8-16)29(25,26)28-19-11-9-18(10-12-19)21(22(23)24)27-15-17-5-3-2-4-6-17/h2-14,21H,15H2,1H3,(H2,23,24). The zero-order valence-corrected chi connectivity index (χ0v) is 16.6. The second kappa shape index (κ2) is 8.89. The number of benzene rings is 3. The molecule has 0 aliphatic carbocycles. The third-order valence-electron chi connectivity index (χ3n) is 4.22. The lowest BCUT2D eigenvalue weighted by Crippen LogP contribution is -2.23. The molecule has 3 aromatic rings. The maximum atomic E-state index is 12.4. The third-order valence-corrected chi connectivity index (χ3v) is 5.48. The smallest absolute Gasteiger partial charge is 0.339 e. The summed E-state index contributed by atoms with van der Waals surface area (Å²) >= 11 is 0. The number of ether oxygens (including phenoxy) is 1. The number of carbonyl (C=O) groups is 1. The van der Waals surface area contributed by atoms with E-state index >= 15 is 0 Å². The monoisotopic (exact) mass is 411 g/mol. The molecular weight excluding hydrogens is 390 g/mol. The fourth-order valence-electron chi connectivity index (χ4n) is 2.67. The summed E-state index contributed by atoms with van der Waals surface area (Å²) in [7, 11) is -3.95. The topological polar surface area (TPSA) is 95.7 Å². The quantitative estimate of drug-likeness (QED) is 0.572. The number of primary amides is 1. The Morgan fingerprint density at radius 1 is 0.931 bits per heavy atom. The van der Waals surface area contributed by atoms with Crippen molar-refractivity contribution in [1.82, 2.24) is 0 Å². The van der Waals surface area contributed by atoms with E-state index in [1.165, 1.54) is 24.3 Å². The molecule has 3 aromatic carbocycles. The van der Waals surface area contributed by atoms with Gasteiger partial charge in [-0.2, -0.15) is 8.42 Å². The Kier molecular flexibility index (Phi) is 6.31. The van der Waals surface area contributed by atoms with Gasteiger partial charge in [0.15, 0.2) is 6.10 Å². The van der Waals surface area contributed by atoms with Crippen molar-refractivity contribution >= 4 is 16.0 Å². The molecule has 7 heteroatoms. The number of amides is 1. The second-order valence-electron chi connectivity index (χ2n) is 6.50. The zero-order chi connectivity index (χ0) is 20.9. The van der Waals surface area contributed by atoms with Gasteiger partial charge in [0.25, 0.3) is 5.91 Å². The molecule has 1 atom stereocenters. The van der Waals surface area contributed by atoms with Crippen molar-refractivity contribution in [2.45, 2.75) is 24.5 Å². The number of carbonyl (C=O) groups excluding carboxylic acids is 1. The lowest BCUT2D eigenvalue weighted by molar-refractivity contribution is -0.130. The number of rotatable bonds is 8. The van der Waals surface area contributed by atoms with E-state index in [2.05, 4.69) is 0 Å². The molecule has 0 fully saturated rings. The first-order valence-electron chi connectivity index (χ1n) is 8.91. The summed E-state index contributed by atoms with van der Waals surface area (Å²) in [5.74, 6) is -0.512. The van der Waals surface area contributed by atoms with Crippen molar-refractivity contribution in [2.75, 3.05) is 0 Å². The molecule has 29 heavy (non-hydrogen) atoms. The van der Waals surface area contributed by atoms with Crippen LogP contribution in [0.15, 0.2) is 83.8 Å². The largest absolute Gasteiger partial charge is 0.379 e.